The molecule has 20 aromatic carbocycles. The van der Waals surface area contributed by atoms with E-state index in [1.165, 1.54) is 92.3 Å². The maximum atomic E-state index is 5.40. The smallest absolute Gasteiger partial charge is 0.160 e. The minimum Gasteiger partial charge on any atom is -0.248 e. The predicted molar refractivity (Wildman–Crippen MR) is 552 cm³/mol. The van der Waals surface area contributed by atoms with Gasteiger partial charge < -0.3 is 0 Å². The van der Waals surface area contributed by atoms with Gasteiger partial charge >= 0.3 is 0 Å². The summed E-state index contributed by atoms with van der Waals surface area (Å²) in [6.07, 6.45) is 0. The van der Waals surface area contributed by atoms with E-state index in [9.17, 15) is 0 Å². The van der Waals surface area contributed by atoms with Gasteiger partial charge in [0.15, 0.2) is 5.82 Å². The Hall–Kier alpha value is -17.7. The van der Waals surface area contributed by atoms with Gasteiger partial charge in [-0.25, -0.2) is 39.9 Å². The largest absolute Gasteiger partial charge is 0.248 e. The molecule has 0 amide bonds. The highest BCUT2D eigenvalue weighted by Gasteiger charge is 2.23. The summed E-state index contributed by atoms with van der Waals surface area (Å²) in [6.45, 7) is 0. The minimum absolute atomic E-state index is 0.716. The molecule has 0 aliphatic heterocycles. The van der Waals surface area contributed by atoms with Gasteiger partial charge in [0.2, 0.25) is 0 Å². The normalized spacial score (nSPS) is 11.5. The standard InChI is InChI=1S/C45H29N3.C40H24N2.C39H25N3/c1-4-14-32(15-5-1)42-43(33-16-6-2-7-17-33)48-45(44(47-42)34-18-8-3-9-19-34)35-25-23-31(24-26-35)38-22-12-20-36-29-39-37-21-11-10-13-30(37)27-28-40(39)46-41(36)38;1-3-11-29-25(9-1)21-22-33-39(32-14-6-8-16-37(32)42-40(29)33)27-19-17-26(18-20-27)34-24-38-35(31-13-5-4-12-30(31)34)23-28-10-2-7-15-36(28)41-38;1-3-11-28(12-4-1)36-25-37(42-39(41-36)30-13-5-2-6-14-30)29-20-18-27(19-21-29)33-17-9-15-31-24-34-32-16-8-7-10-26(32)22-23-35(34)40-38(31)33/h1-29H;1-24H;1-25H. The molecule has 0 N–H and O–H groups in total. The molecule has 26 rings (SSSR count). The van der Waals surface area contributed by atoms with Crippen LogP contribution >= 0.6 is 0 Å². The van der Waals surface area contributed by atoms with Crippen LogP contribution in [0.2, 0.25) is 0 Å². The number of rotatable bonds is 11. The van der Waals surface area contributed by atoms with Crippen molar-refractivity contribution >= 4 is 130 Å². The van der Waals surface area contributed by atoms with Crippen LogP contribution in [0.5, 0.6) is 0 Å². The van der Waals surface area contributed by atoms with Crippen molar-refractivity contribution in [2.45, 2.75) is 0 Å². The molecule has 8 heteroatoms. The maximum absolute atomic E-state index is 5.40. The summed E-state index contributed by atoms with van der Waals surface area (Å²) >= 11 is 0. The fourth-order valence-electron chi connectivity index (χ4n) is 19.0. The summed E-state index contributed by atoms with van der Waals surface area (Å²) in [5, 5.41) is 19.1. The summed E-state index contributed by atoms with van der Waals surface area (Å²) in [5.74, 6) is 0.716. The third-order valence-corrected chi connectivity index (χ3v) is 25.5. The molecule has 6 heterocycles. The molecule has 8 nitrogen and oxygen atoms in total. The molecule has 0 bridgehead atoms. The first-order valence-corrected chi connectivity index (χ1v) is 44.7. The molecular formula is C124H78N8. The molecule has 0 saturated heterocycles. The molecular weight excluding hydrogens is 1600 g/mol. The van der Waals surface area contributed by atoms with Crippen molar-refractivity contribution in [2.24, 2.45) is 0 Å². The van der Waals surface area contributed by atoms with Gasteiger partial charge in [0.1, 0.15) is 0 Å². The monoisotopic (exact) mass is 1680 g/mol. The van der Waals surface area contributed by atoms with E-state index < -0.39 is 0 Å². The molecule has 0 spiro atoms. The topological polar surface area (TPSA) is 103 Å². The second-order valence-electron chi connectivity index (χ2n) is 33.5. The van der Waals surface area contributed by atoms with Gasteiger partial charge in [-0.05, 0) is 120 Å². The van der Waals surface area contributed by atoms with E-state index in [2.05, 4.69) is 406 Å². The van der Waals surface area contributed by atoms with Crippen molar-refractivity contribution in [3.8, 4) is 123 Å². The van der Waals surface area contributed by atoms with Crippen LogP contribution in [0.15, 0.2) is 473 Å². The average Bonchev–Trinajstić information content (AvgIpc) is 0.744. The first-order valence-electron chi connectivity index (χ1n) is 44.7. The van der Waals surface area contributed by atoms with Gasteiger partial charge in [0, 0.05) is 104 Å². The summed E-state index contributed by atoms with van der Waals surface area (Å²) in [5.41, 5.74) is 29.8. The van der Waals surface area contributed by atoms with Crippen LogP contribution in [-0.4, -0.2) is 39.9 Å². The van der Waals surface area contributed by atoms with Crippen LogP contribution in [0.3, 0.4) is 0 Å². The fraction of sp³-hybridized carbons (Fsp3) is 0. The highest BCUT2D eigenvalue weighted by atomic mass is 14.9. The lowest BCUT2D eigenvalue weighted by Gasteiger charge is -2.16. The van der Waals surface area contributed by atoms with E-state index in [0.29, 0.717) is 5.82 Å². The van der Waals surface area contributed by atoms with Crippen molar-refractivity contribution < 1.29 is 0 Å². The lowest BCUT2D eigenvalue weighted by Crippen LogP contribution is -2.00. The molecule has 0 aliphatic rings. The molecule has 0 atom stereocenters. The van der Waals surface area contributed by atoms with E-state index in [4.69, 9.17) is 39.9 Å². The molecule has 26 aromatic rings. The number of hydrogen-bond donors (Lipinski definition) is 0. The van der Waals surface area contributed by atoms with E-state index in [1.54, 1.807) is 0 Å². The predicted octanol–water partition coefficient (Wildman–Crippen LogP) is 32.4. The van der Waals surface area contributed by atoms with Gasteiger partial charge in [-0.1, -0.05) is 419 Å². The molecule has 614 valence electrons. The number of benzene rings is 20. The van der Waals surface area contributed by atoms with Crippen molar-refractivity contribution in [1.82, 2.24) is 39.9 Å². The van der Waals surface area contributed by atoms with E-state index in [-0.39, 0.29) is 0 Å². The van der Waals surface area contributed by atoms with Crippen LogP contribution in [0.4, 0.5) is 0 Å². The van der Waals surface area contributed by atoms with Gasteiger partial charge in [-0.15, -0.1) is 0 Å². The van der Waals surface area contributed by atoms with Gasteiger partial charge in [-0.3, -0.25) is 0 Å². The molecule has 0 fully saturated rings. The number of hydrogen-bond acceptors (Lipinski definition) is 8. The molecule has 0 radical (unpaired) electrons. The summed E-state index contributed by atoms with van der Waals surface area (Å²) in [4.78, 5) is 41.2. The molecule has 0 saturated carbocycles. The Morgan fingerprint density at radius 1 is 0.129 bits per heavy atom. The SMILES string of the molecule is c1ccc(-c2cc(-c3ccc(-c4cccc5cc6c(ccc7ccccc76)nc45)cc3)nc(-c3ccccc3)n2)cc1.c1ccc(-c2nc(-c3ccccc3)c(-c3ccc(-c4cccc5cc6c(ccc7ccccc76)nc45)cc3)nc2-c2ccccc2)cc1.c1ccc2nc3cc(-c4ccc(-c5c6ccccc6nc6c5ccc5ccccc56)cc4)c4ccccc4c3cc2c1. The number of nitrogens with zero attached hydrogens (tertiary/aromatic N) is 8. The van der Waals surface area contributed by atoms with Crippen molar-refractivity contribution in [2.75, 3.05) is 0 Å². The number of aromatic nitrogens is 8. The summed E-state index contributed by atoms with van der Waals surface area (Å²) in [7, 11) is 0. The van der Waals surface area contributed by atoms with Crippen LogP contribution in [-0.2, 0) is 0 Å². The molecule has 6 aromatic heterocycles. The highest BCUT2D eigenvalue weighted by molar-refractivity contribution is 6.19. The van der Waals surface area contributed by atoms with Gasteiger partial charge in [0.05, 0.1) is 78.3 Å². The quantitative estimate of drug-likeness (QED) is 0.0932. The fourth-order valence-corrected chi connectivity index (χ4v) is 19.0. The lowest BCUT2D eigenvalue weighted by molar-refractivity contribution is 1.18. The average molecular weight is 1680 g/mol. The second kappa shape index (κ2) is 33.6. The Labute approximate surface area is 761 Å². The summed E-state index contributed by atoms with van der Waals surface area (Å²) in [6, 6.07) is 166. The molecule has 0 aliphatic carbocycles. The zero-order valence-corrected chi connectivity index (χ0v) is 71.6. The Bertz CT molecular complexity index is 8910. The Morgan fingerprint density at radius 2 is 0.470 bits per heavy atom. The van der Waals surface area contributed by atoms with E-state index >= 15 is 0 Å². The number of pyridine rings is 4. The Morgan fingerprint density at radius 3 is 0.992 bits per heavy atom. The van der Waals surface area contributed by atoms with Gasteiger partial charge in [0.25, 0.3) is 0 Å². The maximum Gasteiger partial charge on any atom is 0.160 e. The van der Waals surface area contributed by atoms with Crippen LogP contribution in [0, 0.1) is 0 Å². The van der Waals surface area contributed by atoms with Crippen LogP contribution in [0.25, 0.3) is 254 Å². The zero-order chi connectivity index (χ0) is 87.4. The molecule has 132 heavy (non-hydrogen) atoms. The minimum atomic E-state index is 0.716. The third kappa shape index (κ3) is 14.5. The number of fused-ring (bicyclic) bond motifs is 16. The Balaban J connectivity index is 0.000000110. The zero-order valence-electron chi connectivity index (χ0n) is 71.6. The van der Waals surface area contributed by atoms with Crippen LogP contribution in [0.1, 0.15) is 0 Å². The van der Waals surface area contributed by atoms with Crippen molar-refractivity contribution in [1.29, 1.82) is 0 Å². The first-order chi connectivity index (χ1) is 65.4. The van der Waals surface area contributed by atoms with E-state index in [0.717, 1.165) is 156 Å². The molecule has 0 unspecified atom stereocenters. The Kier molecular flexibility index (Phi) is 19.8. The van der Waals surface area contributed by atoms with Crippen molar-refractivity contribution in [3.05, 3.63) is 473 Å². The first kappa shape index (κ1) is 77.8. The third-order valence-electron chi connectivity index (χ3n) is 25.5. The number of para-hydroxylation sites is 4. The lowest BCUT2D eigenvalue weighted by atomic mass is 9.91. The summed E-state index contributed by atoms with van der Waals surface area (Å²) < 4.78 is 0. The second-order valence-corrected chi connectivity index (χ2v) is 33.5. The van der Waals surface area contributed by atoms with Crippen LogP contribution < -0.4 is 0 Å². The van der Waals surface area contributed by atoms with Gasteiger partial charge in [-0.2, -0.15) is 0 Å². The highest BCUT2D eigenvalue weighted by Crippen LogP contribution is 2.45. The van der Waals surface area contributed by atoms with Crippen molar-refractivity contribution in [3.63, 3.8) is 0 Å². The van der Waals surface area contributed by atoms with E-state index in [1.807, 2.05) is 66.7 Å².